The number of primary amides is 1. The lowest BCUT2D eigenvalue weighted by Crippen LogP contribution is -2.64. The fourth-order valence-electron chi connectivity index (χ4n) is 3.99. The number of nitrogens with zero attached hydrogens (tertiary/aromatic N) is 2. The Morgan fingerprint density at radius 2 is 2.03 bits per heavy atom. The Kier molecular flexibility index (Phi) is 6.66. The van der Waals surface area contributed by atoms with E-state index < -0.39 is 47.2 Å². The maximum absolute atomic E-state index is 12.7. The second-order valence-electron chi connectivity index (χ2n) is 7.77. The zero-order valence-corrected chi connectivity index (χ0v) is 16.3. The van der Waals surface area contributed by atoms with Crippen molar-refractivity contribution in [3.8, 4) is 0 Å². The molecule has 2 saturated heterocycles. The van der Waals surface area contributed by atoms with Gasteiger partial charge in [0.05, 0.1) is 6.42 Å². The monoisotopic (exact) mass is 407 g/mol. The van der Waals surface area contributed by atoms with Crippen LogP contribution in [0.2, 0.25) is 0 Å². The van der Waals surface area contributed by atoms with E-state index in [-0.39, 0.29) is 19.4 Å². The van der Waals surface area contributed by atoms with Gasteiger partial charge in [-0.2, -0.15) is 4.48 Å². The average molecular weight is 407 g/mol. The molecule has 0 aromatic carbocycles. The maximum atomic E-state index is 12.7. The molecular weight excluding hydrogens is 380 g/mol. The van der Waals surface area contributed by atoms with Crippen molar-refractivity contribution in [1.82, 2.24) is 10.2 Å². The molecule has 4 N–H and O–H groups in total. The van der Waals surface area contributed by atoms with Gasteiger partial charge in [-0.25, -0.2) is 9.59 Å². The van der Waals surface area contributed by atoms with E-state index in [1.165, 1.54) is 6.42 Å². The Morgan fingerprint density at radius 3 is 2.66 bits per heavy atom. The minimum atomic E-state index is -1.46. The molecule has 0 spiro atoms. The number of urea groups is 1. The number of cyclic esters (lactones) is 1. The molecule has 2 unspecified atom stereocenters. The van der Waals surface area contributed by atoms with Gasteiger partial charge in [-0.3, -0.25) is 14.5 Å². The van der Waals surface area contributed by atoms with Gasteiger partial charge in [-0.05, 0) is 37.9 Å². The molecule has 3 aliphatic heterocycles. The number of aliphatic hydroxyl groups excluding tert-OH is 1. The van der Waals surface area contributed by atoms with Gasteiger partial charge in [0.25, 0.3) is 5.91 Å². The fourth-order valence-corrected chi connectivity index (χ4v) is 3.99. The summed E-state index contributed by atoms with van der Waals surface area (Å²) in [7, 11) is 0. The largest absolute Gasteiger partial charge is 0.434 e. The smallest absolute Gasteiger partial charge is 0.422 e. The molecule has 10 heteroatoms. The Hall–Kier alpha value is -2.30. The Morgan fingerprint density at radius 1 is 1.31 bits per heavy atom. The van der Waals surface area contributed by atoms with Crippen molar-refractivity contribution >= 4 is 23.8 Å². The van der Waals surface area contributed by atoms with E-state index in [9.17, 15) is 24.3 Å². The highest BCUT2D eigenvalue weighted by atomic mass is 16.6. The number of amides is 4. The van der Waals surface area contributed by atoms with Gasteiger partial charge in [0, 0.05) is 6.54 Å². The number of ether oxygens (including phenoxy) is 1. The number of piperidine rings is 1. The van der Waals surface area contributed by atoms with Crippen molar-refractivity contribution in [3.05, 3.63) is 18.1 Å². The van der Waals surface area contributed by atoms with Gasteiger partial charge < -0.3 is 20.9 Å². The van der Waals surface area contributed by atoms with Gasteiger partial charge in [0.1, 0.15) is 19.0 Å². The molecule has 2 fully saturated rings. The molecule has 4 amide bonds. The van der Waals surface area contributed by atoms with Crippen LogP contribution in [0.4, 0.5) is 4.79 Å². The first kappa shape index (κ1) is 21.4. The molecular formula is C19H27N4O6+. The molecule has 0 bridgehead atoms. The molecule has 29 heavy (non-hydrogen) atoms. The number of nitrogens with one attached hydrogen (secondary N) is 1. The van der Waals surface area contributed by atoms with Crippen LogP contribution in [0, 0.1) is 6.42 Å². The number of carbonyl (C=O) groups is 4. The zero-order valence-electron chi connectivity index (χ0n) is 16.3. The molecule has 3 aliphatic rings. The van der Waals surface area contributed by atoms with Crippen LogP contribution < -0.4 is 11.1 Å². The van der Waals surface area contributed by atoms with Crippen LogP contribution in [-0.4, -0.2) is 83.4 Å². The number of nitrogens with two attached hydrogens (primary N) is 1. The van der Waals surface area contributed by atoms with E-state index in [0.717, 1.165) is 31.5 Å². The third kappa shape index (κ3) is 5.01. The molecule has 2 radical (unpaired) electrons. The SMILES string of the molecule is NC(=O)[N@@+]1(CC(=O)NC2CC(=O)OC2O)CC(CN2CCCCC2)=CC[C]C1=O. The van der Waals surface area contributed by atoms with Gasteiger partial charge in [0.2, 0.25) is 6.29 Å². The van der Waals surface area contributed by atoms with Gasteiger partial charge in [0.15, 0.2) is 6.54 Å². The van der Waals surface area contributed by atoms with E-state index in [4.69, 9.17) is 5.73 Å². The molecule has 3 atom stereocenters. The molecule has 0 aromatic heterocycles. The van der Waals surface area contributed by atoms with Crippen LogP contribution in [0.3, 0.4) is 0 Å². The fraction of sp³-hybridized carbons (Fsp3) is 0.632. The van der Waals surface area contributed by atoms with Gasteiger partial charge in [-0.15, -0.1) is 0 Å². The summed E-state index contributed by atoms with van der Waals surface area (Å²) in [6.07, 6.45) is 6.50. The number of carbonyl (C=O) groups excluding carboxylic acids is 4. The zero-order chi connectivity index (χ0) is 21.0. The van der Waals surface area contributed by atoms with Crippen molar-refractivity contribution in [2.45, 2.75) is 44.4 Å². The van der Waals surface area contributed by atoms with Crippen LogP contribution in [-0.2, 0) is 19.1 Å². The highest BCUT2D eigenvalue weighted by Crippen LogP contribution is 2.22. The van der Waals surface area contributed by atoms with Crippen molar-refractivity contribution in [3.63, 3.8) is 0 Å². The third-order valence-corrected chi connectivity index (χ3v) is 5.55. The van der Waals surface area contributed by atoms with Crippen molar-refractivity contribution in [2.24, 2.45) is 5.73 Å². The van der Waals surface area contributed by atoms with Crippen LogP contribution in [0.5, 0.6) is 0 Å². The van der Waals surface area contributed by atoms with E-state index in [2.05, 4.69) is 21.4 Å². The predicted molar refractivity (Wildman–Crippen MR) is 99.5 cm³/mol. The van der Waals surface area contributed by atoms with Crippen LogP contribution in [0.1, 0.15) is 32.1 Å². The highest BCUT2D eigenvalue weighted by molar-refractivity contribution is 5.92. The first-order valence-electron chi connectivity index (χ1n) is 9.83. The van der Waals surface area contributed by atoms with E-state index in [0.29, 0.717) is 6.54 Å². The van der Waals surface area contributed by atoms with Gasteiger partial charge in [-0.1, -0.05) is 12.5 Å². The van der Waals surface area contributed by atoms with Crippen LogP contribution in [0.15, 0.2) is 11.6 Å². The summed E-state index contributed by atoms with van der Waals surface area (Å²) in [5.41, 5.74) is 6.44. The lowest BCUT2D eigenvalue weighted by atomic mass is 10.1. The number of esters is 1. The molecule has 10 nitrogen and oxygen atoms in total. The topological polar surface area (TPSA) is 139 Å². The summed E-state index contributed by atoms with van der Waals surface area (Å²) in [5.74, 6) is -1.97. The quantitative estimate of drug-likeness (QED) is 0.303. The minimum absolute atomic E-state index is 0.00621. The first-order valence-corrected chi connectivity index (χ1v) is 9.83. The van der Waals surface area contributed by atoms with Gasteiger partial charge >= 0.3 is 17.9 Å². The number of hydrogen-bond acceptors (Lipinski definition) is 7. The average Bonchev–Trinajstić information content (AvgIpc) is 2.88. The number of imide groups is 1. The summed E-state index contributed by atoms with van der Waals surface area (Å²) in [6, 6.07) is -1.87. The highest BCUT2D eigenvalue weighted by Gasteiger charge is 2.47. The molecule has 158 valence electrons. The Labute approximate surface area is 169 Å². The summed E-state index contributed by atoms with van der Waals surface area (Å²) in [4.78, 5) is 51.1. The number of rotatable bonds is 5. The molecule has 3 rings (SSSR count). The Balaban J connectivity index is 1.72. The van der Waals surface area contributed by atoms with Crippen molar-refractivity contribution in [2.75, 3.05) is 32.7 Å². The third-order valence-electron chi connectivity index (χ3n) is 5.55. The van der Waals surface area contributed by atoms with Crippen molar-refractivity contribution in [1.29, 1.82) is 0 Å². The number of allylic oxidation sites excluding steroid dienone is 1. The van der Waals surface area contributed by atoms with Crippen molar-refractivity contribution < 1.29 is 33.5 Å². The molecule has 0 aromatic rings. The summed E-state index contributed by atoms with van der Waals surface area (Å²) in [6.45, 7) is 1.96. The Bertz CT molecular complexity index is 717. The first-order chi connectivity index (χ1) is 13.8. The lowest BCUT2D eigenvalue weighted by Gasteiger charge is -2.33. The van der Waals surface area contributed by atoms with E-state index in [1.807, 2.05) is 6.08 Å². The van der Waals surface area contributed by atoms with E-state index >= 15 is 0 Å². The van der Waals surface area contributed by atoms with E-state index in [1.54, 1.807) is 0 Å². The summed E-state index contributed by atoms with van der Waals surface area (Å²) in [5, 5.41) is 12.1. The maximum Gasteiger partial charge on any atom is 0.422 e. The second kappa shape index (κ2) is 9.02. The molecule has 3 heterocycles. The van der Waals surface area contributed by atoms with Crippen LogP contribution >= 0.6 is 0 Å². The number of hydrogen-bond donors (Lipinski definition) is 3. The molecule has 0 aliphatic carbocycles. The normalized spacial score (nSPS) is 31.0. The number of likely N-dealkylation sites (tertiary alicyclic amines) is 1. The number of quaternary nitrogens is 1. The number of aliphatic hydroxyl groups is 1. The predicted octanol–water partition coefficient (Wildman–Crippen LogP) is -0.944. The minimum Gasteiger partial charge on any atom is -0.434 e. The second-order valence-corrected chi connectivity index (χ2v) is 7.77. The lowest BCUT2D eigenvalue weighted by molar-refractivity contribution is -0.756. The molecule has 0 saturated carbocycles. The summed E-state index contributed by atoms with van der Waals surface area (Å²) >= 11 is 0. The summed E-state index contributed by atoms with van der Waals surface area (Å²) < 4.78 is 3.69. The van der Waals surface area contributed by atoms with Crippen LogP contribution in [0.25, 0.3) is 0 Å². The standard InChI is InChI=1S/C19H26N4O6/c20-19(28)23(12-15(24)21-14-9-17(26)29-18(14)27)11-13(5-4-6-16(23)25)10-22-7-2-1-3-8-22/h5,14,18,27H,1-4,7-12H2,(H2-,20,21,24,28)/p+1/t14?,18?,23-/m1/s1.